The second-order valence-electron chi connectivity index (χ2n) is 4.88. The summed E-state index contributed by atoms with van der Waals surface area (Å²) < 4.78 is 9.30. The molecule has 0 atom stereocenters. The van der Waals surface area contributed by atoms with Crippen molar-refractivity contribution in [3.63, 3.8) is 0 Å². The summed E-state index contributed by atoms with van der Waals surface area (Å²) in [4.78, 5) is 32.2. The van der Waals surface area contributed by atoms with E-state index in [1.807, 2.05) is 19.0 Å². The van der Waals surface area contributed by atoms with Crippen LogP contribution in [0.15, 0.2) is 24.3 Å². The number of hydrogen-bond donors (Lipinski definition) is 2. The van der Waals surface area contributed by atoms with Crippen LogP contribution in [0.1, 0.15) is 20.8 Å². The highest BCUT2D eigenvalue weighted by Crippen LogP contribution is 1.91. The molecule has 0 amide bonds. The number of hydrogen-bond acceptors (Lipinski definition) is 7. The average molecular weight is 347 g/mol. The van der Waals surface area contributed by atoms with Crippen molar-refractivity contribution in [1.82, 2.24) is 4.90 Å². The van der Waals surface area contributed by atoms with E-state index in [2.05, 4.69) is 17.9 Å². The van der Waals surface area contributed by atoms with Crippen molar-refractivity contribution in [3.8, 4) is 0 Å². The molecule has 2 N–H and O–H groups in total. The van der Waals surface area contributed by atoms with Crippen LogP contribution in [0.2, 0.25) is 0 Å². The summed E-state index contributed by atoms with van der Waals surface area (Å²) >= 11 is 0. The van der Waals surface area contributed by atoms with Gasteiger partial charge in [0.25, 0.3) is 5.97 Å². The van der Waals surface area contributed by atoms with Gasteiger partial charge in [0.15, 0.2) is 0 Å². The molecule has 0 saturated carbocycles. The lowest BCUT2D eigenvalue weighted by Gasteiger charge is -2.09. The number of likely N-dealkylation sites (N-methyl/N-ethyl adjacent to an activating group) is 1. The monoisotopic (exact) mass is 347 g/mol. The first-order chi connectivity index (χ1) is 10.9. The van der Waals surface area contributed by atoms with Crippen LogP contribution in [-0.2, 0) is 23.9 Å². The predicted molar refractivity (Wildman–Crippen MR) is 90.5 cm³/mol. The van der Waals surface area contributed by atoms with Gasteiger partial charge in [-0.05, 0) is 27.9 Å². The molecule has 8 nitrogen and oxygen atoms in total. The number of carboxylic acids is 1. The molecule has 0 saturated heterocycles. The van der Waals surface area contributed by atoms with Crippen LogP contribution in [0, 0.1) is 0 Å². The Morgan fingerprint density at radius 3 is 1.50 bits per heavy atom. The van der Waals surface area contributed by atoms with E-state index in [4.69, 9.17) is 19.7 Å². The number of aliphatic hydroxyl groups is 1. The summed E-state index contributed by atoms with van der Waals surface area (Å²) in [5.41, 5.74) is 0.798. The van der Waals surface area contributed by atoms with Crippen molar-refractivity contribution in [2.24, 2.45) is 0 Å². The van der Waals surface area contributed by atoms with Crippen molar-refractivity contribution >= 4 is 17.9 Å². The fraction of sp³-hybridized carbons (Fsp3) is 0.562. The maximum absolute atomic E-state index is 10.8. The van der Waals surface area contributed by atoms with E-state index < -0.39 is 11.9 Å². The van der Waals surface area contributed by atoms with Gasteiger partial charge >= 0.3 is 11.9 Å². The van der Waals surface area contributed by atoms with Crippen LogP contribution in [0.3, 0.4) is 0 Å². The minimum atomic E-state index is -0.833. The minimum absolute atomic E-state index is 0.0473. The molecule has 0 aromatic heterocycles. The Balaban J connectivity index is -0.000000305. The molecule has 0 aromatic carbocycles. The lowest BCUT2D eigenvalue weighted by Crippen LogP contribution is -2.20. The van der Waals surface area contributed by atoms with Gasteiger partial charge in [0.1, 0.15) is 13.2 Å². The molecule has 0 fully saturated rings. The lowest BCUT2D eigenvalue weighted by atomic mass is 10.4. The molecule has 24 heavy (non-hydrogen) atoms. The maximum Gasteiger partial charge on any atom is 0.333 e. The predicted octanol–water partition coefficient (Wildman–Crippen LogP) is 0.856. The van der Waals surface area contributed by atoms with Crippen LogP contribution in [0.4, 0.5) is 0 Å². The molecular formula is C16H29NO7. The van der Waals surface area contributed by atoms with Gasteiger partial charge in [-0.15, -0.1) is 0 Å². The molecule has 8 heteroatoms. The number of nitrogens with zero attached hydrogens (tertiary/aromatic N) is 1. The number of carbonyl (C=O) groups excluding carboxylic acids is 2. The van der Waals surface area contributed by atoms with Gasteiger partial charge in [0.05, 0.1) is 6.61 Å². The first-order valence-corrected chi connectivity index (χ1v) is 7.06. The van der Waals surface area contributed by atoms with Crippen LogP contribution in [0.25, 0.3) is 0 Å². The van der Waals surface area contributed by atoms with Gasteiger partial charge in [-0.25, -0.2) is 9.59 Å². The summed E-state index contributed by atoms with van der Waals surface area (Å²) in [5.74, 6) is -1.60. The summed E-state index contributed by atoms with van der Waals surface area (Å²) in [6, 6.07) is 0. The maximum atomic E-state index is 10.8. The summed E-state index contributed by atoms with van der Waals surface area (Å²) in [7, 11) is 3.85. The van der Waals surface area contributed by atoms with E-state index >= 15 is 0 Å². The van der Waals surface area contributed by atoms with E-state index in [1.165, 1.54) is 0 Å². The third-order valence-electron chi connectivity index (χ3n) is 1.79. The van der Waals surface area contributed by atoms with E-state index in [-0.39, 0.29) is 19.2 Å². The van der Waals surface area contributed by atoms with Crippen LogP contribution in [0.5, 0.6) is 0 Å². The molecule has 0 aliphatic heterocycles. The molecule has 0 aliphatic carbocycles. The first kappa shape index (κ1) is 26.7. The highest BCUT2D eigenvalue weighted by Gasteiger charge is 2.01. The number of carboxylic acid groups (broad SMARTS) is 1. The largest absolute Gasteiger partial charge is 0.481 e. The normalized spacial score (nSPS) is 8.79. The number of aliphatic carboxylic acids is 1. The van der Waals surface area contributed by atoms with Crippen molar-refractivity contribution in [2.75, 3.05) is 40.5 Å². The number of rotatable bonds is 7. The third kappa shape index (κ3) is 28.0. The molecule has 0 radical (unpaired) electrons. The zero-order valence-corrected chi connectivity index (χ0v) is 15.1. The SMILES string of the molecule is C=C(C)C(=O)OCCN(C)C.C=C(C)C(=O)OCCO.CC(=O)O. The van der Waals surface area contributed by atoms with E-state index in [1.54, 1.807) is 13.8 Å². The standard InChI is InChI=1S/C8H15NO2.C6H10O3.C2H4O2/c1-7(2)8(10)11-6-5-9(3)4;1-5(2)6(8)9-4-3-7;1-2(3)4/h1,5-6H2,2-4H3;7H,1,3-4H2,2H3;1H3,(H,3,4). The molecule has 0 aliphatic rings. The molecule has 0 unspecified atom stereocenters. The molecule has 0 spiro atoms. The highest BCUT2D eigenvalue weighted by atomic mass is 16.5. The van der Waals surface area contributed by atoms with E-state index in [0.29, 0.717) is 17.8 Å². The Bertz CT molecular complexity index is 413. The van der Waals surface area contributed by atoms with Gasteiger partial charge in [-0.2, -0.15) is 0 Å². The summed E-state index contributed by atoms with van der Waals surface area (Å²) in [6.07, 6.45) is 0. The van der Waals surface area contributed by atoms with Crippen LogP contribution in [-0.4, -0.2) is 73.5 Å². The Morgan fingerprint density at radius 1 is 0.917 bits per heavy atom. The second kappa shape index (κ2) is 17.2. The highest BCUT2D eigenvalue weighted by molar-refractivity contribution is 5.87. The molecule has 0 rings (SSSR count). The number of esters is 2. The van der Waals surface area contributed by atoms with Gasteiger partial charge in [-0.3, -0.25) is 4.79 Å². The van der Waals surface area contributed by atoms with Crippen molar-refractivity contribution in [3.05, 3.63) is 24.3 Å². The average Bonchev–Trinajstić information content (AvgIpc) is 2.43. The topological polar surface area (TPSA) is 113 Å². The fourth-order valence-corrected chi connectivity index (χ4v) is 0.706. The Morgan fingerprint density at radius 2 is 1.25 bits per heavy atom. The smallest absolute Gasteiger partial charge is 0.333 e. The zero-order chi connectivity index (χ0) is 19.7. The van der Waals surface area contributed by atoms with Crippen molar-refractivity contribution < 1.29 is 34.1 Å². The molecular weight excluding hydrogens is 318 g/mol. The van der Waals surface area contributed by atoms with Crippen molar-refractivity contribution in [1.29, 1.82) is 0 Å². The Hall–Kier alpha value is -2.19. The van der Waals surface area contributed by atoms with Crippen molar-refractivity contribution in [2.45, 2.75) is 20.8 Å². The molecule has 0 bridgehead atoms. The lowest BCUT2D eigenvalue weighted by molar-refractivity contribution is -0.140. The zero-order valence-electron chi connectivity index (χ0n) is 15.1. The summed E-state index contributed by atoms with van der Waals surface area (Å²) in [6.45, 7) is 12.2. The second-order valence-corrected chi connectivity index (χ2v) is 4.88. The van der Waals surface area contributed by atoms with Gasteiger partial charge in [0, 0.05) is 24.6 Å². The number of ether oxygens (including phenoxy) is 2. The van der Waals surface area contributed by atoms with Crippen LogP contribution >= 0.6 is 0 Å². The van der Waals surface area contributed by atoms with Gasteiger partial charge < -0.3 is 24.6 Å². The Labute approximate surface area is 143 Å². The molecule has 0 heterocycles. The Kier molecular flexibility index (Phi) is 19.1. The van der Waals surface area contributed by atoms with E-state index in [9.17, 15) is 9.59 Å². The number of carbonyl (C=O) groups is 3. The first-order valence-electron chi connectivity index (χ1n) is 7.06. The van der Waals surface area contributed by atoms with Gasteiger partial charge in [-0.1, -0.05) is 13.2 Å². The van der Waals surface area contributed by atoms with Gasteiger partial charge in [0.2, 0.25) is 0 Å². The molecule has 140 valence electrons. The number of aliphatic hydroxyl groups excluding tert-OH is 1. The summed E-state index contributed by atoms with van der Waals surface area (Å²) in [5, 5.41) is 15.6. The quantitative estimate of drug-likeness (QED) is 0.515. The fourth-order valence-electron chi connectivity index (χ4n) is 0.706. The third-order valence-corrected chi connectivity index (χ3v) is 1.79. The van der Waals surface area contributed by atoms with Crippen LogP contribution < -0.4 is 0 Å². The van der Waals surface area contributed by atoms with E-state index in [0.717, 1.165) is 13.5 Å². The minimum Gasteiger partial charge on any atom is -0.481 e. The molecule has 0 aromatic rings.